The van der Waals surface area contributed by atoms with Gasteiger partial charge in [-0.25, -0.2) is 4.79 Å². The van der Waals surface area contributed by atoms with Crippen molar-refractivity contribution in [2.45, 2.75) is 50.6 Å². The molecule has 2 aliphatic heterocycles. The number of rotatable bonds is 6. The van der Waals surface area contributed by atoms with Crippen molar-refractivity contribution >= 4 is 6.03 Å². The lowest BCUT2D eigenvalue weighted by Gasteiger charge is -2.40. The van der Waals surface area contributed by atoms with Gasteiger partial charge in [0.05, 0.1) is 24.2 Å². The molecule has 2 fully saturated rings. The number of aromatic nitrogens is 2. The summed E-state index contributed by atoms with van der Waals surface area (Å²) in [6, 6.07) is 7.26. The number of benzene rings is 1. The van der Waals surface area contributed by atoms with E-state index in [1.165, 1.54) is 12.1 Å². The van der Waals surface area contributed by atoms with Crippen molar-refractivity contribution < 1.29 is 27.2 Å². The minimum atomic E-state index is -4.41. The van der Waals surface area contributed by atoms with Gasteiger partial charge in [0.1, 0.15) is 0 Å². The van der Waals surface area contributed by atoms with Crippen LogP contribution < -0.4 is 0 Å². The van der Waals surface area contributed by atoms with E-state index < -0.39 is 11.7 Å². The maximum absolute atomic E-state index is 13.4. The number of hydrogen-bond acceptors (Lipinski definition) is 6. The fourth-order valence-electron chi connectivity index (χ4n) is 4.86. The van der Waals surface area contributed by atoms with Crippen molar-refractivity contribution in [3.63, 3.8) is 0 Å². The SMILES string of the molecule is CCOCCc1noc(C2CC(c3ccc(C(F)(F)F)cc3)CN(C(=O)N3CCC(C#N)CC3)C2)n1. The fraction of sp³-hybridized carbons (Fsp3) is 0.600. The number of nitriles is 1. The highest BCUT2D eigenvalue weighted by molar-refractivity contribution is 5.75. The number of piperidine rings is 2. The van der Waals surface area contributed by atoms with Crippen molar-refractivity contribution in [3.8, 4) is 6.07 Å². The van der Waals surface area contributed by atoms with Gasteiger partial charge in [-0.2, -0.15) is 23.4 Å². The summed E-state index contributed by atoms with van der Waals surface area (Å²) >= 11 is 0. The molecule has 2 unspecified atom stereocenters. The average molecular weight is 506 g/mol. The normalized spacial score (nSPS) is 21.4. The molecule has 0 aliphatic carbocycles. The average Bonchev–Trinajstić information content (AvgIpc) is 3.37. The molecule has 0 saturated carbocycles. The summed E-state index contributed by atoms with van der Waals surface area (Å²) < 4.78 is 50.1. The lowest BCUT2D eigenvalue weighted by molar-refractivity contribution is -0.137. The van der Waals surface area contributed by atoms with Crippen molar-refractivity contribution in [3.05, 3.63) is 47.1 Å². The molecular formula is C25H30F3N5O3. The summed E-state index contributed by atoms with van der Waals surface area (Å²) in [4.78, 5) is 21.4. The van der Waals surface area contributed by atoms with E-state index in [4.69, 9.17) is 14.5 Å². The van der Waals surface area contributed by atoms with E-state index in [1.807, 2.05) is 6.92 Å². The molecule has 2 atom stereocenters. The number of urea groups is 1. The molecule has 0 radical (unpaired) electrons. The zero-order chi connectivity index (χ0) is 25.7. The fourth-order valence-corrected chi connectivity index (χ4v) is 4.86. The van der Waals surface area contributed by atoms with Gasteiger partial charge in [-0.15, -0.1) is 0 Å². The van der Waals surface area contributed by atoms with E-state index in [2.05, 4.69) is 16.2 Å². The quantitative estimate of drug-likeness (QED) is 0.533. The minimum Gasteiger partial charge on any atom is -0.381 e. The van der Waals surface area contributed by atoms with E-state index in [0.29, 0.717) is 76.8 Å². The number of carbonyl (C=O) groups is 1. The highest BCUT2D eigenvalue weighted by atomic mass is 19.4. The molecule has 1 aromatic heterocycles. The van der Waals surface area contributed by atoms with Crippen LogP contribution in [0.4, 0.5) is 18.0 Å². The van der Waals surface area contributed by atoms with E-state index >= 15 is 0 Å². The van der Waals surface area contributed by atoms with Gasteiger partial charge in [-0.05, 0) is 43.9 Å². The number of nitrogens with zero attached hydrogens (tertiary/aromatic N) is 5. The Balaban J connectivity index is 1.53. The van der Waals surface area contributed by atoms with Crippen LogP contribution in [0.1, 0.15) is 60.9 Å². The van der Waals surface area contributed by atoms with Gasteiger partial charge in [0.15, 0.2) is 5.82 Å². The van der Waals surface area contributed by atoms with Crippen LogP contribution in [0.25, 0.3) is 0 Å². The molecule has 8 nitrogen and oxygen atoms in total. The lowest BCUT2D eigenvalue weighted by atomic mass is 9.84. The molecule has 36 heavy (non-hydrogen) atoms. The number of likely N-dealkylation sites (tertiary alicyclic amines) is 2. The highest BCUT2D eigenvalue weighted by Crippen LogP contribution is 2.37. The number of hydrogen-bond donors (Lipinski definition) is 0. The molecule has 3 heterocycles. The predicted molar refractivity (Wildman–Crippen MR) is 123 cm³/mol. The Morgan fingerprint density at radius 2 is 1.86 bits per heavy atom. The highest BCUT2D eigenvalue weighted by Gasteiger charge is 2.37. The van der Waals surface area contributed by atoms with Crippen LogP contribution in [-0.2, 0) is 17.3 Å². The third-order valence-corrected chi connectivity index (χ3v) is 6.89. The molecule has 2 saturated heterocycles. The summed E-state index contributed by atoms with van der Waals surface area (Å²) in [5.74, 6) is 0.451. The van der Waals surface area contributed by atoms with E-state index in [0.717, 1.165) is 17.7 Å². The van der Waals surface area contributed by atoms with Gasteiger partial charge in [0.2, 0.25) is 5.89 Å². The van der Waals surface area contributed by atoms with Crippen LogP contribution >= 0.6 is 0 Å². The molecule has 1 aromatic carbocycles. The minimum absolute atomic E-state index is 0.0449. The van der Waals surface area contributed by atoms with Crippen LogP contribution in [-0.4, -0.2) is 65.4 Å². The Morgan fingerprint density at radius 3 is 2.50 bits per heavy atom. The predicted octanol–water partition coefficient (Wildman–Crippen LogP) is 4.60. The molecular weight excluding hydrogens is 475 g/mol. The van der Waals surface area contributed by atoms with Gasteiger partial charge in [-0.3, -0.25) is 0 Å². The molecule has 2 amide bonds. The first kappa shape index (κ1) is 25.9. The van der Waals surface area contributed by atoms with E-state index in [9.17, 15) is 18.0 Å². The second kappa shape index (κ2) is 11.3. The molecule has 0 N–H and O–H groups in total. The summed E-state index contributed by atoms with van der Waals surface area (Å²) in [7, 11) is 0. The smallest absolute Gasteiger partial charge is 0.381 e. The topological polar surface area (TPSA) is 95.5 Å². The first-order valence-corrected chi connectivity index (χ1v) is 12.3. The van der Waals surface area contributed by atoms with E-state index in [-0.39, 0.29) is 23.8 Å². The monoisotopic (exact) mass is 505 g/mol. The van der Waals surface area contributed by atoms with Gasteiger partial charge in [-0.1, -0.05) is 17.3 Å². The zero-order valence-electron chi connectivity index (χ0n) is 20.2. The number of ether oxygens (including phenoxy) is 1. The van der Waals surface area contributed by atoms with Crippen LogP contribution in [0, 0.1) is 17.2 Å². The Hall–Kier alpha value is -3.13. The van der Waals surface area contributed by atoms with Crippen molar-refractivity contribution in [2.75, 3.05) is 39.4 Å². The van der Waals surface area contributed by atoms with Gasteiger partial charge in [0.25, 0.3) is 0 Å². The zero-order valence-corrected chi connectivity index (χ0v) is 20.2. The van der Waals surface area contributed by atoms with Crippen LogP contribution in [0.3, 0.4) is 0 Å². The van der Waals surface area contributed by atoms with Gasteiger partial charge in [0, 0.05) is 51.0 Å². The second-order valence-corrected chi connectivity index (χ2v) is 9.32. The standard InChI is InChI=1S/C25H30F3N5O3/c1-2-35-12-9-22-30-23(36-31-22)20-13-19(18-3-5-21(6-4-18)25(26,27)28)15-33(16-20)24(34)32-10-7-17(14-29)8-11-32/h3-6,17,19-20H,2,7-13,15-16H2,1H3. The summed E-state index contributed by atoms with van der Waals surface area (Å²) in [5, 5.41) is 13.2. The molecule has 11 heteroatoms. The number of amides is 2. The van der Waals surface area contributed by atoms with Crippen molar-refractivity contribution in [2.24, 2.45) is 5.92 Å². The van der Waals surface area contributed by atoms with Crippen molar-refractivity contribution in [1.29, 1.82) is 5.26 Å². The van der Waals surface area contributed by atoms with Crippen molar-refractivity contribution in [1.82, 2.24) is 19.9 Å². The maximum Gasteiger partial charge on any atom is 0.416 e. The first-order valence-electron chi connectivity index (χ1n) is 12.3. The Morgan fingerprint density at radius 1 is 1.17 bits per heavy atom. The molecule has 194 valence electrons. The summed E-state index contributed by atoms with van der Waals surface area (Å²) in [6.07, 6.45) is -2.07. The molecule has 0 spiro atoms. The number of halogens is 3. The van der Waals surface area contributed by atoms with E-state index in [1.54, 1.807) is 9.80 Å². The summed E-state index contributed by atoms with van der Waals surface area (Å²) in [6.45, 7) is 4.73. The van der Waals surface area contributed by atoms with Crippen LogP contribution in [0.5, 0.6) is 0 Å². The summed E-state index contributed by atoms with van der Waals surface area (Å²) in [5.41, 5.74) is 0.0209. The molecule has 0 bridgehead atoms. The Kier molecular flexibility index (Phi) is 8.14. The molecule has 2 aromatic rings. The largest absolute Gasteiger partial charge is 0.416 e. The third kappa shape index (κ3) is 6.16. The van der Waals surface area contributed by atoms with Crippen LogP contribution in [0.2, 0.25) is 0 Å². The van der Waals surface area contributed by atoms with Crippen LogP contribution in [0.15, 0.2) is 28.8 Å². The lowest BCUT2D eigenvalue weighted by Crippen LogP contribution is -2.51. The Labute approximate surface area is 208 Å². The molecule has 2 aliphatic rings. The number of carbonyl (C=O) groups excluding carboxylic acids is 1. The number of alkyl halides is 3. The maximum atomic E-state index is 13.4. The Bertz CT molecular complexity index is 1060. The second-order valence-electron chi connectivity index (χ2n) is 9.32. The first-order chi connectivity index (χ1) is 17.3. The third-order valence-electron chi connectivity index (χ3n) is 6.89. The molecule has 4 rings (SSSR count). The van der Waals surface area contributed by atoms with Gasteiger partial charge >= 0.3 is 12.2 Å². The van der Waals surface area contributed by atoms with Gasteiger partial charge < -0.3 is 19.1 Å².